The minimum absolute atomic E-state index is 0.0935. The van der Waals surface area contributed by atoms with Crippen LogP contribution in [0.25, 0.3) is 0 Å². The summed E-state index contributed by atoms with van der Waals surface area (Å²) in [5.41, 5.74) is 0.0925. The van der Waals surface area contributed by atoms with Gasteiger partial charge in [0.25, 0.3) is 11.8 Å². The molecule has 1 aromatic heterocycles. The Labute approximate surface area is 144 Å². The Morgan fingerprint density at radius 1 is 1.12 bits per heavy atom. The monoisotopic (exact) mass is 347 g/mol. The third-order valence-corrected chi connectivity index (χ3v) is 3.44. The van der Waals surface area contributed by atoms with E-state index in [1.807, 2.05) is 13.8 Å². The molecule has 2 rings (SSSR count). The molecule has 0 bridgehead atoms. The van der Waals surface area contributed by atoms with Crippen molar-refractivity contribution in [3.05, 3.63) is 59.4 Å². The second kappa shape index (κ2) is 8.32. The van der Waals surface area contributed by atoms with Crippen LogP contribution in [0, 0.1) is 17.6 Å². The number of nitrogens with zero attached hydrogens (tertiary/aromatic N) is 1. The third-order valence-electron chi connectivity index (χ3n) is 3.44. The van der Waals surface area contributed by atoms with Gasteiger partial charge in [-0.1, -0.05) is 13.8 Å². The maximum Gasteiger partial charge on any atom is 0.269 e. The van der Waals surface area contributed by atoms with E-state index in [2.05, 4.69) is 15.6 Å². The van der Waals surface area contributed by atoms with Crippen molar-refractivity contribution < 1.29 is 18.4 Å². The number of aromatic nitrogens is 1. The summed E-state index contributed by atoms with van der Waals surface area (Å²) in [6.45, 7) is 4.60. The van der Waals surface area contributed by atoms with E-state index in [0.29, 0.717) is 18.5 Å². The van der Waals surface area contributed by atoms with Crippen LogP contribution in [0.1, 0.15) is 41.1 Å². The number of rotatable bonds is 6. The lowest BCUT2D eigenvalue weighted by Gasteiger charge is -2.09. The van der Waals surface area contributed by atoms with Crippen LogP contribution in [0.15, 0.2) is 36.5 Å². The van der Waals surface area contributed by atoms with Gasteiger partial charge in [0.15, 0.2) is 0 Å². The zero-order valence-electron chi connectivity index (χ0n) is 14.0. The van der Waals surface area contributed by atoms with Crippen molar-refractivity contribution in [2.45, 2.75) is 20.3 Å². The summed E-state index contributed by atoms with van der Waals surface area (Å²) in [6.07, 6.45) is 2.16. The Bertz CT molecular complexity index is 779. The van der Waals surface area contributed by atoms with Crippen LogP contribution in [0.5, 0.6) is 0 Å². The lowest BCUT2D eigenvalue weighted by molar-refractivity contribution is 0.0947. The molecular weight excluding hydrogens is 328 g/mol. The molecule has 0 saturated carbocycles. The molecule has 0 saturated heterocycles. The smallest absolute Gasteiger partial charge is 0.269 e. The van der Waals surface area contributed by atoms with Crippen molar-refractivity contribution in [3.8, 4) is 0 Å². The Balaban J connectivity index is 2.06. The number of benzene rings is 1. The van der Waals surface area contributed by atoms with Gasteiger partial charge in [-0.05, 0) is 36.6 Å². The Morgan fingerprint density at radius 2 is 1.88 bits per heavy atom. The molecule has 0 radical (unpaired) electrons. The fourth-order valence-corrected chi connectivity index (χ4v) is 2.05. The number of pyridine rings is 1. The number of halogens is 2. The number of hydrogen-bond donors (Lipinski definition) is 2. The molecule has 7 heteroatoms. The number of amides is 2. The quantitative estimate of drug-likeness (QED) is 0.841. The van der Waals surface area contributed by atoms with Gasteiger partial charge in [0.1, 0.15) is 17.3 Å². The average Bonchev–Trinajstić information content (AvgIpc) is 2.57. The van der Waals surface area contributed by atoms with E-state index in [9.17, 15) is 18.4 Å². The highest BCUT2D eigenvalue weighted by atomic mass is 19.1. The molecular formula is C18H19F2N3O2. The van der Waals surface area contributed by atoms with E-state index in [0.717, 1.165) is 18.6 Å². The fraction of sp³-hybridized carbons (Fsp3) is 0.278. The summed E-state index contributed by atoms with van der Waals surface area (Å²) >= 11 is 0. The first-order valence-electron chi connectivity index (χ1n) is 7.87. The number of carbonyl (C=O) groups excluding carboxylic acids is 2. The van der Waals surface area contributed by atoms with Crippen LogP contribution in [-0.4, -0.2) is 23.3 Å². The third kappa shape index (κ3) is 5.34. The topological polar surface area (TPSA) is 71.1 Å². The molecule has 0 atom stereocenters. The summed E-state index contributed by atoms with van der Waals surface area (Å²) < 4.78 is 26.5. The van der Waals surface area contributed by atoms with Crippen molar-refractivity contribution in [1.29, 1.82) is 0 Å². The molecule has 5 nitrogen and oxygen atoms in total. The highest BCUT2D eigenvalue weighted by Gasteiger charge is 2.13. The molecule has 2 amide bonds. The van der Waals surface area contributed by atoms with E-state index < -0.39 is 17.5 Å². The molecule has 0 aliphatic carbocycles. The normalized spacial score (nSPS) is 10.6. The summed E-state index contributed by atoms with van der Waals surface area (Å²) in [6, 6.07) is 5.57. The number of anilines is 1. The lowest BCUT2D eigenvalue weighted by Crippen LogP contribution is -2.26. The molecule has 0 fully saturated rings. The summed E-state index contributed by atoms with van der Waals surface area (Å²) in [7, 11) is 0. The predicted octanol–water partition coefficient (Wildman–Crippen LogP) is 3.39. The molecule has 2 aromatic rings. The molecule has 1 aromatic carbocycles. The zero-order valence-corrected chi connectivity index (χ0v) is 14.0. The second-order valence-electron chi connectivity index (χ2n) is 5.95. The van der Waals surface area contributed by atoms with Crippen molar-refractivity contribution in [1.82, 2.24) is 10.3 Å². The van der Waals surface area contributed by atoms with E-state index in [1.54, 1.807) is 0 Å². The van der Waals surface area contributed by atoms with E-state index in [4.69, 9.17) is 0 Å². The van der Waals surface area contributed by atoms with E-state index in [1.165, 1.54) is 18.3 Å². The Morgan fingerprint density at radius 3 is 2.56 bits per heavy atom. The fourth-order valence-electron chi connectivity index (χ4n) is 2.05. The molecule has 1 heterocycles. The summed E-state index contributed by atoms with van der Waals surface area (Å²) in [4.78, 5) is 28.2. The first-order valence-corrected chi connectivity index (χ1v) is 7.87. The molecule has 0 aliphatic rings. The molecule has 0 aliphatic heterocycles. The van der Waals surface area contributed by atoms with Gasteiger partial charge >= 0.3 is 0 Å². The average molecular weight is 347 g/mol. The summed E-state index contributed by atoms with van der Waals surface area (Å²) in [5, 5.41) is 5.06. The molecule has 0 unspecified atom stereocenters. The van der Waals surface area contributed by atoms with Crippen LogP contribution in [-0.2, 0) is 0 Å². The van der Waals surface area contributed by atoms with Crippen LogP contribution in [0.4, 0.5) is 14.5 Å². The molecule has 0 spiro atoms. The predicted molar refractivity (Wildman–Crippen MR) is 90.3 cm³/mol. The van der Waals surface area contributed by atoms with E-state index in [-0.39, 0.29) is 22.9 Å². The molecule has 132 valence electrons. The van der Waals surface area contributed by atoms with Crippen LogP contribution in [0.3, 0.4) is 0 Å². The highest BCUT2D eigenvalue weighted by molar-refractivity contribution is 6.05. The minimum atomic E-state index is -0.881. The molecule has 25 heavy (non-hydrogen) atoms. The van der Waals surface area contributed by atoms with Gasteiger partial charge in [-0.25, -0.2) is 8.78 Å². The van der Waals surface area contributed by atoms with Crippen molar-refractivity contribution in [2.75, 3.05) is 11.9 Å². The lowest BCUT2D eigenvalue weighted by atomic mass is 10.1. The SMILES string of the molecule is CC(C)CCNC(=O)c1cc(C(=O)Nc2ccc(F)cc2F)ccn1. The van der Waals surface area contributed by atoms with Gasteiger partial charge in [-0.3, -0.25) is 14.6 Å². The Hall–Kier alpha value is -2.83. The molecule has 2 N–H and O–H groups in total. The van der Waals surface area contributed by atoms with Crippen LogP contribution < -0.4 is 10.6 Å². The van der Waals surface area contributed by atoms with E-state index >= 15 is 0 Å². The number of hydrogen-bond acceptors (Lipinski definition) is 3. The maximum atomic E-state index is 13.6. The number of carbonyl (C=O) groups is 2. The van der Waals surface area contributed by atoms with Gasteiger partial charge in [0, 0.05) is 24.4 Å². The van der Waals surface area contributed by atoms with Gasteiger partial charge in [0.2, 0.25) is 0 Å². The van der Waals surface area contributed by atoms with Crippen molar-refractivity contribution >= 4 is 17.5 Å². The van der Waals surface area contributed by atoms with Gasteiger partial charge in [0.05, 0.1) is 5.69 Å². The first kappa shape index (κ1) is 18.5. The zero-order chi connectivity index (χ0) is 18.4. The largest absolute Gasteiger partial charge is 0.351 e. The van der Waals surface area contributed by atoms with Crippen molar-refractivity contribution in [2.24, 2.45) is 5.92 Å². The van der Waals surface area contributed by atoms with Crippen molar-refractivity contribution in [3.63, 3.8) is 0 Å². The van der Waals surface area contributed by atoms with Gasteiger partial charge in [-0.2, -0.15) is 0 Å². The minimum Gasteiger partial charge on any atom is -0.351 e. The van der Waals surface area contributed by atoms with Gasteiger partial charge < -0.3 is 10.6 Å². The maximum absolute atomic E-state index is 13.6. The number of nitrogens with one attached hydrogen (secondary N) is 2. The summed E-state index contributed by atoms with van der Waals surface area (Å²) in [5.74, 6) is -2.17. The van der Waals surface area contributed by atoms with Crippen LogP contribution in [0.2, 0.25) is 0 Å². The Kier molecular flexibility index (Phi) is 6.16. The highest BCUT2D eigenvalue weighted by Crippen LogP contribution is 2.16. The first-order chi connectivity index (χ1) is 11.9. The standard InChI is InChI=1S/C18H19F2N3O2/c1-11(2)5-7-22-18(25)16-9-12(6-8-21-16)17(24)23-15-4-3-13(19)10-14(15)20/h3-4,6,8-11H,5,7H2,1-2H3,(H,22,25)(H,23,24). The van der Waals surface area contributed by atoms with Crippen LogP contribution >= 0.6 is 0 Å². The second-order valence-corrected chi connectivity index (χ2v) is 5.95. The van der Waals surface area contributed by atoms with Gasteiger partial charge in [-0.15, -0.1) is 0 Å².